The van der Waals surface area contributed by atoms with Crippen molar-refractivity contribution in [2.45, 2.75) is 39.5 Å². The number of fused-ring (bicyclic) bond motifs is 1. The van der Waals surface area contributed by atoms with Crippen molar-refractivity contribution in [3.05, 3.63) is 27.9 Å². The zero-order chi connectivity index (χ0) is 11.9. The molecular weight excluding hydrogens is 204 g/mol. The van der Waals surface area contributed by atoms with Crippen LogP contribution in [0, 0.1) is 0 Å². The monoisotopic (exact) mass is 220 g/mol. The van der Waals surface area contributed by atoms with Crippen LogP contribution in [0.1, 0.15) is 39.2 Å². The molecule has 2 aromatic rings. The van der Waals surface area contributed by atoms with Gasteiger partial charge in [0.1, 0.15) is 0 Å². The van der Waals surface area contributed by atoms with Gasteiger partial charge in [-0.2, -0.15) is 4.98 Å². The molecule has 0 saturated carbocycles. The largest absolute Gasteiger partial charge is 0.291 e. The van der Waals surface area contributed by atoms with Crippen molar-refractivity contribution in [2.75, 3.05) is 0 Å². The van der Waals surface area contributed by atoms with Crippen LogP contribution in [0.2, 0.25) is 0 Å². The molecular formula is C11H16N4O. The van der Waals surface area contributed by atoms with Crippen molar-refractivity contribution >= 4 is 5.78 Å². The molecule has 0 amide bonds. The van der Waals surface area contributed by atoms with E-state index in [9.17, 15) is 4.79 Å². The minimum absolute atomic E-state index is 0.132. The summed E-state index contributed by atoms with van der Waals surface area (Å²) in [5.74, 6) is 1.27. The molecule has 0 spiro atoms. The van der Waals surface area contributed by atoms with E-state index in [2.05, 4.69) is 35.8 Å². The Kier molecular flexibility index (Phi) is 2.33. The summed E-state index contributed by atoms with van der Waals surface area (Å²) in [5, 5.41) is 4.37. The van der Waals surface area contributed by atoms with Crippen LogP contribution in [-0.4, -0.2) is 19.6 Å². The van der Waals surface area contributed by atoms with E-state index in [4.69, 9.17) is 0 Å². The summed E-state index contributed by atoms with van der Waals surface area (Å²) in [7, 11) is 0. The Bertz CT molecular complexity index is 574. The first kappa shape index (κ1) is 10.9. The van der Waals surface area contributed by atoms with Crippen LogP contribution in [0.15, 0.2) is 10.9 Å². The number of hydrogen-bond donors (Lipinski definition) is 1. The Balaban J connectivity index is 2.81. The Labute approximate surface area is 93.5 Å². The van der Waals surface area contributed by atoms with Crippen molar-refractivity contribution < 1.29 is 0 Å². The van der Waals surface area contributed by atoms with Crippen molar-refractivity contribution in [1.82, 2.24) is 19.6 Å². The number of aromatic nitrogens is 4. The fraction of sp³-hybridized carbons (Fsp3) is 0.545. The van der Waals surface area contributed by atoms with Gasteiger partial charge in [0.05, 0.1) is 5.69 Å². The lowest BCUT2D eigenvalue weighted by Gasteiger charge is -2.18. The van der Waals surface area contributed by atoms with E-state index >= 15 is 0 Å². The van der Waals surface area contributed by atoms with E-state index in [1.807, 2.05) is 6.92 Å². The lowest BCUT2D eigenvalue weighted by atomic mass is 9.92. The van der Waals surface area contributed by atoms with Gasteiger partial charge in [0.2, 0.25) is 5.78 Å². The molecule has 2 heterocycles. The van der Waals surface area contributed by atoms with Gasteiger partial charge in [-0.15, -0.1) is 5.10 Å². The molecule has 1 N–H and O–H groups in total. The number of aryl methyl sites for hydroxylation is 1. The number of nitrogens with one attached hydrogen (secondary N) is 1. The molecule has 0 aliphatic heterocycles. The van der Waals surface area contributed by atoms with Crippen LogP contribution in [0.4, 0.5) is 0 Å². The third-order valence-electron chi connectivity index (χ3n) is 2.47. The molecule has 0 aliphatic carbocycles. The number of H-pyrrole nitrogens is 1. The van der Waals surface area contributed by atoms with Crippen LogP contribution in [0.25, 0.3) is 5.78 Å². The second-order valence-electron chi connectivity index (χ2n) is 4.89. The maximum absolute atomic E-state index is 11.5. The van der Waals surface area contributed by atoms with Crippen LogP contribution >= 0.6 is 0 Å². The molecule has 2 rings (SSSR count). The van der Waals surface area contributed by atoms with E-state index < -0.39 is 0 Å². The van der Waals surface area contributed by atoms with E-state index in [-0.39, 0.29) is 11.0 Å². The van der Waals surface area contributed by atoms with E-state index in [0.717, 1.165) is 17.9 Å². The normalized spacial score (nSPS) is 12.2. The molecule has 5 heteroatoms. The lowest BCUT2D eigenvalue weighted by Crippen LogP contribution is -2.22. The van der Waals surface area contributed by atoms with Gasteiger partial charge in [-0.3, -0.25) is 9.78 Å². The molecule has 0 fully saturated rings. The van der Waals surface area contributed by atoms with Gasteiger partial charge in [0.25, 0.3) is 5.56 Å². The first-order valence-electron chi connectivity index (χ1n) is 5.41. The highest BCUT2D eigenvalue weighted by atomic mass is 16.1. The predicted octanol–water partition coefficient (Wildman–Crippen LogP) is 1.28. The van der Waals surface area contributed by atoms with Gasteiger partial charge in [0.15, 0.2) is 5.82 Å². The summed E-state index contributed by atoms with van der Waals surface area (Å²) in [4.78, 5) is 18.5. The molecule has 0 unspecified atom stereocenters. The Morgan fingerprint density at radius 1 is 1.44 bits per heavy atom. The number of hydrogen-bond acceptors (Lipinski definition) is 3. The molecule has 5 nitrogen and oxygen atoms in total. The van der Waals surface area contributed by atoms with Crippen LogP contribution < -0.4 is 5.56 Å². The van der Waals surface area contributed by atoms with Gasteiger partial charge in [-0.1, -0.05) is 27.7 Å². The van der Waals surface area contributed by atoms with Gasteiger partial charge < -0.3 is 0 Å². The second-order valence-corrected chi connectivity index (χ2v) is 4.89. The van der Waals surface area contributed by atoms with Gasteiger partial charge in [-0.25, -0.2) is 4.52 Å². The first-order valence-corrected chi connectivity index (χ1v) is 5.41. The number of rotatable bonds is 1. The second kappa shape index (κ2) is 3.43. The predicted molar refractivity (Wildman–Crippen MR) is 61.7 cm³/mol. The highest BCUT2D eigenvalue weighted by Gasteiger charge is 2.20. The first-order chi connectivity index (χ1) is 7.41. The standard InChI is InChI=1S/C11H16N4O/c1-5-8-12-10-13-9(16)6-7(11(2,3)4)15(10)14-8/h6H,5H2,1-4H3,(H,12,13,14,16). The molecule has 2 aromatic heterocycles. The van der Waals surface area contributed by atoms with Crippen molar-refractivity contribution in [3.8, 4) is 0 Å². The average molecular weight is 220 g/mol. The molecule has 0 bridgehead atoms. The zero-order valence-corrected chi connectivity index (χ0v) is 10.0. The Morgan fingerprint density at radius 2 is 2.12 bits per heavy atom. The fourth-order valence-corrected chi connectivity index (χ4v) is 1.62. The van der Waals surface area contributed by atoms with E-state index in [1.165, 1.54) is 0 Å². The number of nitrogens with zero attached hydrogens (tertiary/aromatic N) is 3. The molecule has 0 radical (unpaired) electrons. The maximum Gasteiger partial charge on any atom is 0.252 e. The molecule has 86 valence electrons. The summed E-state index contributed by atoms with van der Waals surface area (Å²) in [6.07, 6.45) is 0.757. The molecule has 16 heavy (non-hydrogen) atoms. The minimum Gasteiger partial charge on any atom is -0.291 e. The summed E-state index contributed by atoms with van der Waals surface area (Å²) in [6.45, 7) is 8.14. The van der Waals surface area contributed by atoms with Crippen LogP contribution in [-0.2, 0) is 11.8 Å². The van der Waals surface area contributed by atoms with Crippen LogP contribution in [0.3, 0.4) is 0 Å². The quantitative estimate of drug-likeness (QED) is 0.787. The summed E-state index contributed by atoms with van der Waals surface area (Å²) < 4.78 is 1.72. The number of aromatic amines is 1. The average Bonchev–Trinajstić information content (AvgIpc) is 2.57. The summed E-state index contributed by atoms with van der Waals surface area (Å²) in [5.41, 5.74) is 0.608. The SMILES string of the molecule is CCc1nc2[nH]c(=O)cc(C(C)(C)C)n2n1. The third-order valence-corrected chi connectivity index (χ3v) is 2.47. The highest BCUT2D eigenvalue weighted by molar-refractivity contribution is 5.31. The van der Waals surface area contributed by atoms with Crippen molar-refractivity contribution in [2.24, 2.45) is 0 Å². The van der Waals surface area contributed by atoms with Crippen molar-refractivity contribution in [1.29, 1.82) is 0 Å². The summed E-state index contributed by atoms with van der Waals surface area (Å²) >= 11 is 0. The van der Waals surface area contributed by atoms with Crippen molar-refractivity contribution in [3.63, 3.8) is 0 Å². The topological polar surface area (TPSA) is 63.0 Å². The van der Waals surface area contributed by atoms with E-state index in [1.54, 1.807) is 10.6 Å². The Hall–Kier alpha value is -1.65. The van der Waals surface area contributed by atoms with Crippen LogP contribution in [0.5, 0.6) is 0 Å². The van der Waals surface area contributed by atoms with E-state index in [0.29, 0.717) is 5.78 Å². The maximum atomic E-state index is 11.5. The van der Waals surface area contributed by atoms with Gasteiger partial charge in [0, 0.05) is 17.9 Å². The van der Waals surface area contributed by atoms with Gasteiger partial charge in [-0.05, 0) is 0 Å². The molecule has 0 aromatic carbocycles. The minimum atomic E-state index is -0.134. The molecule has 0 aliphatic rings. The highest BCUT2D eigenvalue weighted by Crippen LogP contribution is 2.20. The summed E-state index contributed by atoms with van der Waals surface area (Å²) in [6, 6.07) is 1.58. The lowest BCUT2D eigenvalue weighted by molar-refractivity contribution is 0.544. The zero-order valence-electron chi connectivity index (χ0n) is 10.0. The molecule has 0 saturated heterocycles. The fourth-order valence-electron chi connectivity index (χ4n) is 1.62. The third kappa shape index (κ3) is 1.73. The smallest absolute Gasteiger partial charge is 0.252 e. The van der Waals surface area contributed by atoms with Gasteiger partial charge >= 0.3 is 0 Å². The molecule has 0 atom stereocenters. The Morgan fingerprint density at radius 3 is 2.69 bits per heavy atom.